The first-order valence-electron chi connectivity index (χ1n) is 11.6. The highest BCUT2D eigenvalue weighted by Crippen LogP contribution is 2.46. The van der Waals surface area contributed by atoms with Crippen LogP contribution in [0.15, 0.2) is 54.6 Å². The molecule has 170 valence electrons. The van der Waals surface area contributed by atoms with E-state index in [1.165, 1.54) is 11.1 Å². The number of hydrogen-bond acceptors (Lipinski definition) is 4. The fraction of sp³-hybridized carbons (Fsp3) is 0.556. The highest BCUT2D eigenvalue weighted by molar-refractivity contribution is 5.27. The lowest BCUT2D eigenvalue weighted by atomic mass is 9.63. The van der Waals surface area contributed by atoms with Crippen molar-refractivity contribution in [3.63, 3.8) is 0 Å². The van der Waals surface area contributed by atoms with Gasteiger partial charge in [0.05, 0.1) is 11.7 Å². The second kappa shape index (κ2) is 10.6. The van der Waals surface area contributed by atoms with Gasteiger partial charge in [0, 0.05) is 32.2 Å². The van der Waals surface area contributed by atoms with Crippen LogP contribution in [-0.4, -0.2) is 36.6 Å². The zero-order valence-corrected chi connectivity index (χ0v) is 19.6. The van der Waals surface area contributed by atoms with E-state index in [1.54, 1.807) is 0 Å². The zero-order chi connectivity index (χ0) is 22.3. The van der Waals surface area contributed by atoms with Crippen LogP contribution in [0.4, 0.5) is 0 Å². The molecule has 31 heavy (non-hydrogen) atoms. The van der Waals surface area contributed by atoms with Crippen LogP contribution in [0.2, 0.25) is 0 Å². The molecule has 0 aliphatic carbocycles. The average Bonchev–Trinajstić information content (AvgIpc) is 2.72. The first-order valence-corrected chi connectivity index (χ1v) is 11.6. The van der Waals surface area contributed by atoms with Gasteiger partial charge in [-0.15, -0.1) is 0 Å². The van der Waals surface area contributed by atoms with E-state index in [9.17, 15) is 5.11 Å². The van der Waals surface area contributed by atoms with Gasteiger partial charge in [0.2, 0.25) is 0 Å². The minimum absolute atomic E-state index is 0.0137. The van der Waals surface area contributed by atoms with Crippen molar-refractivity contribution in [2.24, 2.45) is 11.3 Å². The zero-order valence-electron chi connectivity index (χ0n) is 19.6. The monoisotopic (exact) mass is 425 g/mol. The Balaban J connectivity index is 1.67. The molecule has 0 radical (unpaired) electrons. The largest absolute Gasteiger partial charge is 0.491 e. The Kier molecular flexibility index (Phi) is 8.15. The Hall–Kier alpha value is -1.88. The van der Waals surface area contributed by atoms with Gasteiger partial charge in [0.15, 0.2) is 0 Å². The van der Waals surface area contributed by atoms with E-state index in [-0.39, 0.29) is 29.6 Å². The normalized spacial score (nSPS) is 21.7. The van der Waals surface area contributed by atoms with Crippen molar-refractivity contribution >= 4 is 0 Å². The smallest absolute Gasteiger partial charge is 0.119 e. The Morgan fingerprint density at radius 2 is 1.74 bits per heavy atom. The van der Waals surface area contributed by atoms with E-state index in [0.29, 0.717) is 0 Å². The van der Waals surface area contributed by atoms with Gasteiger partial charge in [-0.05, 0) is 75.6 Å². The summed E-state index contributed by atoms with van der Waals surface area (Å²) < 4.78 is 11.8. The third kappa shape index (κ3) is 6.80. The van der Waals surface area contributed by atoms with Crippen molar-refractivity contribution in [2.45, 2.75) is 65.2 Å². The minimum atomic E-state index is -0.174. The number of rotatable bonds is 10. The Bertz CT molecular complexity index is 788. The van der Waals surface area contributed by atoms with Crippen LogP contribution in [0.3, 0.4) is 0 Å². The van der Waals surface area contributed by atoms with Crippen molar-refractivity contribution in [1.82, 2.24) is 5.32 Å². The lowest BCUT2D eigenvalue weighted by Gasteiger charge is -2.49. The molecule has 2 N–H and O–H groups in total. The summed E-state index contributed by atoms with van der Waals surface area (Å²) >= 11 is 0. The molecule has 0 saturated carbocycles. The maximum Gasteiger partial charge on any atom is 0.119 e. The van der Waals surface area contributed by atoms with Crippen LogP contribution in [0.25, 0.3) is 0 Å². The lowest BCUT2D eigenvalue weighted by molar-refractivity contribution is -0.127. The summed E-state index contributed by atoms with van der Waals surface area (Å²) in [5.74, 6) is 1.07. The molecule has 0 bridgehead atoms. The van der Waals surface area contributed by atoms with E-state index in [4.69, 9.17) is 9.47 Å². The fourth-order valence-corrected chi connectivity index (χ4v) is 4.99. The Morgan fingerprint density at radius 3 is 2.35 bits per heavy atom. The van der Waals surface area contributed by atoms with E-state index < -0.39 is 0 Å². The van der Waals surface area contributed by atoms with Crippen molar-refractivity contribution in [3.8, 4) is 5.75 Å². The first-order chi connectivity index (χ1) is 14.8. The van der Waals surface area contributed by atoms with Gasteiger partial charge in [0.25, 0.3) is 0 Å². The fourth-order valence-electron chi connectivity index (χ4n) is 4.99. The van der Waals surface area contributed by atoms with Crippen LogP contribution in [0.5, 0.6) is 5.75 Å². The van der Waals surface area contributed by atoms with Gasteiger partial charge in [-0.3, -0.25) is 0 Å². The molecule has 2 atom stereocenters. The number of aliphatic hydroxyl groups is 1. The van der Waals surface area contributed by atoms with Gasteiger partial charge < -0.3 is 19.9 Å². The summed E-state index contributed by atoms with van der Waals surface area (Å²) in [6.45, 7) is 10.9. The summed E-state index contributed by atoms with van der Waals surface area (Å²) in [6.07, 6.45) is 3.07. The minimum Gasteiger partial charge on any atom is -0.491 e. The molecular weight excluding hydrogens is 386 g/mol. The van der Waals surface area contributed by atoms with Crippen molar-refractivity contribution < 1.29 is 14.6 Å². The van der Waals surface area contributed by atoms with Crippen LogP contribution in [0, 0.1) is 11.3 Å². The molecule has 2 aromatic carbocycles. The van der Waals surface area contributed by atoms with Crippen LogP contribution >= 0.6 is 0 Å². The predicted molar refractivity (Wildman–Crippen MR) is 126 cm³/mol. The summed E-state index contributed by atoms with van der Waals surface area (Å²) in [5.41, 5.74) is 2.39. The third-order valence-corrected chi connectivity index (χ3v) is 6.37. The molecule has 0 aromatic heterocycles. The van der Waals surface area contributed by atoms with Gasteiger partial charge in [-0.2, -0.15) is 0 Å². The van der Waals surface area contributed by atoms with Gasteiger partial charge >= 0.3 is 0 Å². The molecule has 0 unspecified atom stereocenters. The number of nitrogens with one attached hydrogen (secondary N) is 1. The molecule has 1 heterocycles. The highest BCUT2D eigenvalue weighted by Gasteiger charge is 2.45. The van der Waals surface area contributed by atoms with Crippen molar-refractivity contribution in [2.75, 3.05) is 19.8 Å². The second-order valence-corrected chi connectivity index (χ2v) is 9.88. The molecule has 4 heteroatoms. The summed E-state index contributed by atoms with van der Waals surface area (Å²) in [6, 6.07) is 18.9. The van der Waals surface area contributed by atoms with Crippen LogP contribution < -0.4 is 10.1 Å². The van der Waals surface area contributed by atoms with E-state index >= 15 is 0 Å². The second-order valence-electron chi connectivity index (χ2n) is 9.88. The third-order valence-electron chi connectivity index (χ3n) is 6.37. The summed E-state index contributed by atoms with van der Waals surface area (Å²) in [7, 11) is 0. The van der Waals surface area contributed by atoms with Gasteiger partial charge in [-0.1, -0.05) is 42.5 Å². The molecular formula is C27H39NO3. The number of ether oxygens (including phenoxy) is 2. The van der Waals surface area contributed by atoms with Gasteiger partial charge in [0.1, 0.15) is 5.75 Å². The molecule has 2 aromatic rings. The standard InChI is InChI=1S/C27H39NO3/c1-21(2)31-25-12-10-23(11-13-25)17-28-18-24(19-29)27(14-15-30-26(3,4)20-27)16-22-8-6-5-7-9-22/h5-13,21,24,28-29H,14-20H2,1-4H3/t24-,27+/m0/s1. The van der Waals surface area contributed by atoms with Crippen LogP contribution in [-0.2, 0) is 17.7 Å². The number of hydrogen-bond donors (Lipinski definition) is 2. The van der Waals surface area contributed by atoms with Crippen LogP contribution in [0.1, 0.15) is 51.7 Å². The van der Waals surface area contributed by atoms with E-state index in [1.807, 2.05) is 26.0 Å². The molecule has 1 aliphatic rings. The molecule has 0 spiro atoms. The number of benzene rings is 2. The van der Waals surface area contributed by atoms with E-state index in [2.05, 4.69) is 61.6 Å². The quantitative estimate of drug-likeness (QED) is 0.563. The maximum absolute atomic E-state index is 10.4. The van der Waals surface area contributed by atoms with Gasteiger partial charge in [-0.25, -0.2) is 0 Å². The highest BCUT2D eigenvalue weighted by atomic mass is 16.5. The maximum atomic E-state index is 10.4. The molecule has 1 saturated heterocycles. The molecule has 1 fully saturated rings. The molecule has 0 amide bonds. The van der Waals surface area contributed by atoms with E-state index in [0.717, 1.165) is 44.7 Å². The Morgan fingerprint density at radius 1 is 1.03 bits per heavy atom. The number of aliphatic hydroxyl groups excluding tert-OH is 1. The Labute approximate surface area is 188 Å². The SMILES string of the molecule is CC(C)Oc1ccc(CNC[C@@H](CO)[C@@]2(Cc3ccccc3)CCOC(C)(C)C2)cc1. The predicted octanol–water partition coefficient (Wildman–Crippen LogP) is 4.99. The molecule has 3 rings (SSSR count). The molecule has 4 nitrogen and oxygen atoms in total. The average molecular weight is 426 g/mol. The summed E-state index contributed by atoms with van der Waals surface area (Å²) in [5, 5.41) is 14.0. The first kappa shape index (κ1) is 23.8. The topological polar surface area (TPSA) is 50.7 Å². The van der Waals surface area contributed by atoms with Crippen molar-refractivity contribution in [1.29, 1.82) is 0 Å². The summed E-state index contributed by atoms with van der Waals surface area (Å²) in [4.78, 5) is 0. The lowest BCUT2D eigenvalue weighted by Crippen LogP contribution is -2.50. The van der Waals surface area contributed by atoms with Crippen molar-refractivity contribution in [3.05, 3.63) is 65.7 Å². The molecule has 1 aliphatic heterocycles.